The van der Waals surface area contributed by atoms with Gasteiger partial charge >= 0.3 is 0 Å². The van der Waals surface area contributed by atoms with E-state index < -0.39 is 6.04 Å². The SMILES string of the molecule is CN(C)C(=O)C1CNCCN1C(=O)c1cc(Cl)ccc1Cl. The van der Waals surface area contributed by atoms with Gasteiger partial charge in [-0.15, -0.1) is 0 Å². The molecule has 1 heterocycles. The molecule has 1 unspecified atom stereocenters. The summed E-state index contributed by atoms with van der Waals surface area (Å²) in [6.07, 6.45) is 0. The molecule has 1 aliphatic rings. The number of halogens is 2. The van der Waals surface area contributed by atoms with Gasteiger partial charge in [0.25, 0.3) is 5.91 Å². The summed E-state index contributed by atoms with van der Waals surface area (Å²) in [7, 11) is 3.35. The van der Waals surface area contributed by atoms with E-state index in [2.05, 4.69) is 5.32 Å². The molecular formula is C14H17Cl2N3O2. The van der Waals surface area contributed by atoms with Gasteiger partial charge in [0.1, 0.15) is 6.04 Å². The highest BCUT2D eigenvalue weighted by molar-refractivity contribution is 6.35. The molecule has 5 nitrogen and oxygen atoms in total. The molecule has 0 bridgehead atoms. The first-order valence-electron chi connectivity index (χ1n) is 6.59. The zero-order chi connectivity index (χ0) is 15.6. The van der Waals surface area contributed by atoms with E-state index in [1.807, 2.05) is 0 Å². The van der Waals surface area contributed by atoms with Crippen molar-refractivity contribution in [1.82, 2.24) is 15.1 Å². The normalized spacial score (nSPS) is 18.5. The highest BCUT2D eigenvalue weighted by Crippen LogP contribution is 2.23. The molecule has 0 radical (unpaired) electrons. The Hall–Kier alpha value is -1.30. The Morgan fingerprint density at radius 3 is 2.71 bits per heavy atom. The number of rotatable bonds is 2. The third-order valence-corrected chi connectivity index (χ3v) is 3.95. The molecule has 1 aromatic carbocycles. The van der Waals surface area contributed by atoms with Crippen LogP contribution in [-0.4, -0.2) is 61.4 Å². The zero-order valence-corrected chi connectivity index (χ0v) is 13.4. The molecular weight excluding hydrogens is 313 g/mol. The molecule has 21 heavy (non-hydrogen) atoms. The fourth-order valence-corrected chi connectivity index (χ4v) is 2.65. The van der Waals surface area contributed by atoms with Gasteiger partial charge in [0.2, 0.25) is 5.91 Å². The molecule has 0 aromatic heterocycles. The average molecular weight is 330 g/mol. The Morgan fingerprint density at radius 1 is 1.33 bits per heavy atom. The first kappa shape index (κ1) is 16.1. The molecule has 1 N–H and O–H groups in total. The van der Waals surface area contributed by atoms with Crippen LogP contribution in [0, 0.1) is 0 Å². The van der Waals surface area contributed by atoms with Crippen LogP contribution in [0.15, 0.2) is 18.2 Å². The van der Waals surface area contributed by atoms with Gasteiger partial charge in [0.05, 0.1) is 10.6 Å². The van der Waals surface area contributed by atoms with E-state index in [1.54, 1.807) is 31.1 Å². The van der Waals surface area contributed by atoms with Crippen LogP contribution in [0.4, 0.5) is 0 Å². The van der Waals surface area contributed by atoms with Crippen molar-refractivity contribution >= 4 is 35.0 Å². The Kier molecular flexibility index (Phi) is 5.08. The Balaban J connectivity index is 2.30. The Bertz CT molecular complexity index is 563. The topological polar surface area (TPSA) is 52.7 Å². The van der Waals surface area contributed by atoms with E-state index >= 15 is 0 Å². The fourth-order valence-electron chi connectivity index (χ4n) is 2.28. The van der Waals surface area contributed by atoms with E-state index in [-0.39, 0.29) is 11.8 Å². The second kappa shape index (κ2) is 6.64. The van der Waals surface area contributed by atoms with E-state index in [4.69, 9.17) is 23.2 Å². The van der Waals surface area contributed by atoms with Gasteiger partial charge in [-0.2, -0.15) is 0 Å². The van der Waals surface area contributed by atoms with Crippen molar-refractivity contribution in [2.45, 2.75) is 6.04 Å². The van der Waals surface area contributed by atoms with Crippen LogP contribution in [-0.2, 0) is 4.79 Å². The molecule has 0 aliphatic carbocycles. The molecule has 1 saturated heterocycles. The van der Waals surface area contributed by atoms with Crippen LogP contribution in [0.3, 0.4) is 0 Å². The molecule has 2 rings (SSSR count). The van der Waals surface area contributed by atoms with Gasteiger partial charge in [0.15, 0.2) is 0 Å². The number of likely N-dealkylation sites (N-methyl/N-ethyl adjacent to an activating group) is 1. The predicted octanol–water partition coefficient (Wildman–Crippen LogP) is 1.50. The highest BCUT2D eigenvalue weighted by Gasteiger charge is 2.34. The van der Waals surface area contributed by atoms with Crippen LogP contribution < -0.4 is 5.32 Å². The summed E-state index contributed by atoms with van der Waals surface area (Å²) in [6.45, 7) is 1.52. The number of nitrogens with zero attached hydrogens (tertiary/aromatic N) is 2. The first-order chi connectivity index (χ1) is 9.91. The minimum absolute atomic E-state index is 0.117. The first-order valence-corrected chi connectivity index (χ1v) is 7.35. The smallest absolute Gasteiger partial charge is 0.256 e. The second-order valence-corrected chi connectivity index (χ2v) is 5.92. The van der Waals surface area contributed by atoms with Gasteiger partial charge < -0.3 is 15.1 Å². The van der Waals surface area contributed by atoms with Crippen molar-refractivity contribution in [2.24, 2.45) is 0 Å². The van der Waals surface area contributed by atoms with E-state index in [1.165, 1.54) is 11.0 Å². The van der Waals surface area contributed by atoms with Crippen molar-refractivity contribution in [1.29, 1.82) is 0 Å². The number of amides is 2. The third-order valence-electron chi connectivity index (χ3n) is 3.39. The minimum atomic E-state index is -0.531. The monoisotopic (exact) mass is 329 g/mol. The number of hydrogen-bond donors (Lipinski definition) is 1. The van der Waals surface area contributed by atoms with Gasteiger partial charge in [-0.25, -0.2) is 0 Å². The maximum atomic E-state index is 12.7. The summed E-state index contributed by atoms with van der Waals surface area (Å²) >= 11 is 12.0. The molecule has 1 fully saturated rings. The average Bonchev–Trinajstić information content (AvgIpc) is 2.48. The molecule has 0 saturated carbocycles. The summed E-state index contributed by atoms with van der Waals surface area (Å²) in [4.78, 5) is 28.0. The summed E-state index contributed by atoms with van der Waals surface area (Å²) in [5.74, 6) is -0.391. The number of carbonyl (C=O) groups excluding carboxylic acids is 2. The lowest BCUT2D eigenvalue weighted by molar-refractivity contribution is -0.134. The van der Waals surface area contributed by atoms with Gasteiger partial charge in [-0.05, 0) is 18.2 Å². The number of benzene rings is 1. The van der Waals surface area contributed by atoms with Crippen molar-refractivity contribution in [3.8, 4) is 0 Å². The van der Waals surface area contributed by atoms with Gasteiger partial charge in [-0.3, -0.25) is 9.59 Å². The molecule has 114 valence electrons. The molecule has 7 heteroatoms. The summed E-state index contributed by atoms with van der Waals surface area (Å²) in [6, 6.07) is 4.21. The number of piperazine rings is 1. The lowest BCUT2D eigenvalue weighted by Gasteiger charge is -2.36. The maximum Gasteiger partial charge on any atom is 0.256 e. The van der Waals surface area contributed by atoms with E-state index in [0.29, 0.717) is 35.2 Å². The summed E-state index contributed by atoms with van der Waals surface area (Å²) in [5.41, 5.74) is 0.322. The quantitative estimate of drug-likeness (QED) is 0.894. The second-order valence-electron chi connectivity index (χ2n) is 5.08. The molecule has 1 aliphatic heterocycles. The number of nitrogens with one attached hydrogen (secondary N) is 1. The van der Waals surface area contributed by atoms with Crippen LogP contribution in [0.1, 0.15) is 10.4 Å². The van der Waals surface area contributed by atoms with Crippen molar-refractivity contribution in [3.05, 3.63) is 33.8 Å². The van der Waals surface area contributed by atoms with Crippen LogP contribution in [0.2, 0.25) is 10.0 Å². The van der Waals surface area contributed by atoms with Gasteiger partial charge in [0, 0.05) is 38.8 Å². The van der Waals surface area contributed by atoms with Crippen LogP contribution in [0.5, 0.6) is 0 Å². The maximum absolute atomic E-state index is 12.7. The summed E-state index contributed by atoms with van der Waals surface area (Å²) < 4.78 is 0. The van der Waals surface area contributed by atoms with Crippen LogP contribution in [0.25, 0.3) is 0 Å². The standard InChI is InChI=1S/C14H17Cl2N3O2/c1-18(2)14(21)12-8-17-5-6-19(12)13(20)10-7-9(15)3-4-11(10)16/h3-4,7,12,17H,5-6,8H2,1-2H3. The van der Waals surface area contributed by atoms with Crippen molar-refractivity contribution in [3.63, 3.8) is 0 Å². The predicted molar refractivity (Wildman–Crippen MR) is 82.9 cm³/mol. The molecule has 1 aromatic rings. The molecule has 1 atom stereocenters. The number of hydrogen-bond acceptors (Lipinski definition) is 3. The van der Waals surface area contributed by atoms with E-state index in [0.717, 1.165) is 0 Å². The summed E-state index contributed by atoms with van der Waals surface area (Å²) in [5, 5.41) is 3.90. The third kappa shape index (κ3) is 3.48. The minimum Gasteiger partial charge on any atom is -0.347 e. The lowest BCUT2D eigenvalue weighted by atomic mass is 10.1. The Morgan fingerprint density at radius 2 is 2.05 bits per heavy atom. The lowest BCUT2D eigenvalue weighted by Crippen LogP contribution is -2.59. The van der Waals surface area contributed by atoms with Crippen LogP contribution >= 0.6 is 23.2 Å². The molecule has 2 amide bonds. The zero-order valence-electron chi connectivity index (χ0n) is 11.9. The van der Waals surface area contributed by atoms with E-state index in [9.17, 15) is 9.59 Å². The largest absolute Gasteiger partial charge is 0.347 e. The highest BCUT2D eigenvalue weighted by atomic mass is 35.5. The van der Waals surface area contributed by atoms with Gasteiger partial charge in [-0.1, -0.05) is 23.2 Å². The number of carbonyl (C=O) groups is 2. The Labute approximate surface area is 133 Å². The fraction of sp³-hybridized carbons (Fsp3) is 0.429. The molecule has 0 spiro atoms. The van der Waals surface area contributed by atoms with Crippen molar-refractivity contribution < 1.29 is 9.59 Å². The van der Waals surface area contributed by atoms with Crippen molar-refractivity contribution in [2.75, 3.05) is 33.7 Å².